The van der Waals surface area contributed by atoms with Crippen molar-refractivity contribution >= 4 is 0 Å². The van der Waals surface area contributed by atoms with Gasteiger partial charge in [-0.3, -0.25) is 0 Å². The van der Waals surface area contributed by atoms with Gasteiger partial charge in [0.1, 0.15) is 0 Å². The Morgan fingerprint density at radius 3 is 1.20 bits per heavy atom. The van der Waals surface area contributed by atoms with E-state index in [4.69, 9.17) is 22.3 Å². The van der Waals surface area contributed by atoms with Crippen LogP contribution in [0.4, 0.5) is 0 Å². The maximum absolute atomic E-state index is 7.75. The molecule has 0 atom stereocenters. The van der Waals surface area contributed by atoms with Crippen LogP contribution in [0.2, 0.25) is 0 Å². The number of hydrogen-bond acceptors (Lipinski definition) is 4. The summed E-state index contributed by atoms with van der Waals surface area (Å²) in [6.45, 7) is 2.02. The van der Waals surface area contributed by atoms with E-state index in [2.05, 4.69) is 0 Å². The molecule has 0 amide bonds. The SMILES string of the molecule is NCCCCN.NCCO. The van der Waals surface area contributed by atoms with Crippen molar-refractivity contribution in [3.8, 4) is 0 Å². The third-order valence-corrected chi connectivity index (χ3v) is 0.787. The molecule has 0 aliphatic heterocycles. The Bertz CT molecular complexity index is 38.0. The summed E-state index contributed by atoms with van der Waals surface area (Å²) in [5.41, 5.74) is 15.1. The van der Waals surface area contributed by atoms with Crippen LogP contribution in [0.5, 0.6) is 0 Å². The zero-order chi connectivity index (χ0) is 8.24. The van der Waals surface area contributed by atoms with Crippen LogP contribution in [0.1, 0.15) is 12.8 Å². The molecule has 0 aliphatic rings. The van der Waals surface area contributed by atoms with E-state index in [0.717, 1.165) is 25.9 Å². The van der Waals surface area contributed by atoms with Crippen LogP contribution in [-0.2, 0) is 0 Å². The van der Waals surface area contributed by atoms with Crippen molar-refractivity contribution in [3.63, 3.8) is 0 Å². The first-order valence-corrected chi connectivity index (χ1v) is 3.54. The first-order valence-electron chi connectivity index (χ1n) is 3.54. The molecule has 0 aliphatic carbocycles. The van der Waals surface area contributed by atoms with Gasteiger partial charge >= 0.3 is 0 Å². The highest BCUT2D eigenvalue weighted by molar-refractivity contribution is 4.38. The molecular formula is C6H19N3O. The first kappa shape index (κ1) is 12.5. The highest BCUT2D eigenvalue weighted by Gasteiger charge is 1.75. The van der Waals surface area contributed by atoms with Gasteiger partial charge in [-0.1, -0.05) is 0 Å². The minimum absolute atomic E-state index is 0.0972. The summed E-state index contributed by atoms with van der Waals surface area (Å²) in [7, 11) is 0. The lowest BCUT2D eigenvalue weighted by atomic mass is 10.3. The summed E-state index contributed by atoms with van der Waals surface area (Å²) in [5.74, 6) is 0. The van der Waals surface area contributed by atoms with Gasteiger partial charge in [-0.05, 0) is 25.9 Å². The number of aliphatic hydroxyl groups is 1. The summed E-state index contributed by atoms with van der Waals surface area (Å²) in [5, 5.41) is 7.75. The number of nitrogens with two attached hydrogens (primary N) is 3. The molecule has 0 heterocycles. The largest absolute Gasteiger partial charge is 0.395 e. The maximum Gasteiger partial charge on any atom is 0.0553 e. The van der Waals surface area contributed by atoms with E-state index in [1.165, 1.54) is 0 Å². The molecule has 4 heteroatoms. The maximum atomic E-state index is 7.75. The van der Waals surface area contributed by atoms with Crippen LogP contribution < -0.4 is 17.2 Å². The summed E-state index contributed by atoms with van der Waals surface area (Å²) in [4.78, 5) is 0. The van der Waals surface area contributed by atoms with Crippen molar-refractivity contribution in [2.24, 2.45) is 17.2 Å². The van der Waals surface area contributed by atoms with E-state index in [9.17, 15) is 0 Å². The number of aliphatic hydroxyl groups excluding tert-OH is 1. The van der Waals surface area contributed by atoms with Crippen molar-refractivity contribution in [2.45, 2.75) is 12.8 Å². The predicted octanol–water partition coefficient (Wildman–Crippen LogP) is -1.38. The summed E-state index contributed by atoms with van der Waals surface area (Å²) in [6, 6.07) is 0. The van der Waals surface area contributed by atoms with Gasteiger partial charge in [0.15, 0.2) is 0 Å². The van der Waals surface area contributed by atoms with Crippen LogP contribution in [-0.4, -0.2) is 31.3 Å². The van der Waals surface area contributed by atoms with Gasteiger partial charge in [-0.2, -0.15) is 0 Å². The van der Waals surface area contributed by atoms with Gasteiger partial charge < -0.3 is 22.3 Å². The predicted molar refractivity (Wildman–Crippen MR) is 43.5 cm³/mol. The van der Waals surface area contributed by atoms with Crippen molar-refractivity contribution < 1.29 is 5.11 Å². The highest BCUT2D eigenvalue weighted by atomic mass is 16.3. The van der Waals surface area contributed by atoms with Crippen LogP contribution in [0, 0.1) is 0 Å². The van der Waals surface area contributed by atoms with Crippen molar-refractivity contribution in [1.82, 2.24) is 0 Å². The van der Waals surface area contributed by atoms with Crippen LogP contribution in [0.25, 0.3) is 0 Å². The van der Waals surface area contributed by atoms with E-state index in [1.807, 2.05) is 0 Å². The minimum Gasteiger partial charge on any atom is -0.395 e. The van der Waals surface area contributed by atoms with Gasteiger partial charge in [-0.25, -0.2) is 0 Å². The summed E-state index contributed by atoms with van der Waals surface area (Å²) >= 11 is 0. The molecule has 0 aromatic rings. The Balaban J connectivity index is 0. The standard InChI is InChI=1S/C4H12N2.C2H7NO/c5-3-1-2-4-6;3-1-2-4/h1-6H2;4H,1-3H2. The normalized spacial score (nSPS) is 8.40. The van der Waals surface area contributed by atoms with Crippen LogP contribution in [0.3, 0.4) is 0 Å². The zero-order valence-corrected chi connectivity index (χ0v) is 6.42. The summed E-state index contributed by atoms with van der Waals surface area (Å²) < 4.78 is 0. The topological polar surface area (TPSA) is 98.3 Å². The molecule has 0 bridgehead atoms. The number of unbranched alkanes of at least 4 members (excludes halogenated alkanes) is 1. The zero-order valence-electron chi connectivity index (χ0n) is 6.42. The van der Waals surface area contributed by atoms with Crippen molar-refractivity contribution in [1.29, 1.82) is 0 Å². The lowest BCUT2D eigenvalue weighted by molar-refractivity contribution is 0.306. The molecule has 7 N–H and O–H groups in total. The quantitative estimate of drug-likeness (QED) is 0.370. The third kappa shape index (κ3) is 24.9. The van der Waals surface area contributed by atoms with Crippen molar-refractivity contribution in [3.05, 3.63) is 0 Å². The molecule has 0 spiro atoms. The van der Waals surface area contributed by atoms with Crippen LogP contribution in [0.15, 0.2) is 0 Å². The van der Waals surface area contributed by atoms with E-state index in [0.29, 0.717) is 6.54 Å². The molecule has 0 saturated carbocycles. The Morgan fingerprint density at radius 2 is 1.10 bits per heavy atom. The molecular weight excluding hydrogens is 130 g/mol. The molecule has 0 saturated heterocycles. The van der Waals surface area contributed by atoms with Gasteiger partial charge in [0.25, 0.3) is 0 Å². The van der Waals surface area contributed by atoms with Crippen molar-refractivity contribution in [2.75, 3.05) is 26.2 Å². The molecule has 0 aromatic carbocycles. The molecule has 0 rings (SSSR count). The Hall–Kier alpha value is -0.160. The molecule has 0 fully saturated rings. The summed E-state index contributed by atoms with van der Waals surface area (Å²) in [6.07, 6.45) is 2.13. The second kappa shape index (κ2) is 15.9. The fourth-order valence-corrected chi connectivity index (χ4v) is 0.289. The number of hydrogen-bond donors (Lipinski definition) is 4. The van der Waals surface area contributed by atoms with E-state index in [-0.39, 0.29) is 6.61 Å². The Morgan fingerprint density at radius 1 is 0.800 bits per heavy atom. The van der Waals surface area contributed by atoms with Gasteiger partial charge in [0.2, 0.25) is 0 Å². The molecule has 10 heavy (non-hydrogen) atoms. The monoisotopic (exact) mass is 149 g/mol. The smallest absolute Gasteiger partial charge is 0.0553 e. The lowest BCUT2D eigenvalue weighted by Crippen LogP contribution is -2.03. The fourth-order valence-electron chi connectivity index (χ4n) is 0.289. The lowest BCUT2D eigenvalue weighted by Gasteiger charge is -1.87. The van der Waals surface area contributed by atoms with Crippen LogP contribution >= 0.6 is 0 Å². The van der Waals surface area contributed by atoms with Gasteiger partial charge in [0.05, 0.1) is 6.61 Å². The van der Waals surface area contributed by atoms with E-state index >= 15 is 0 Å². The fraction of sp³-hybridized carbons (Fsp3) is 1.00. The minimum atomic E-state index is 0.0972. The molecule has 4 nitrogen and oxygen atoms in total. The first-order chi connectivity index (χ1) is 4.83. The second-order valence-corrected chi connectivity index (χ2v) is 1.80. The van der Waals surface area contributed by atoms with E-state index < -0.39 is 0 Å². The van der Waals surface area contributed by atoms with Gasteiger partial charge in [0, 0.05) is 6.54 Å². The average Bonchev–Trinajstić information content (AvgIpc) is 2.01. The number of rotatable bonds is 4. The molecule has 0 radical (unpaired) electrons. The van der Waals surface area contributed by atoms with E-state index in [1.54, 1.807) is 0 Å². The average molecular weight is 149 g/mol. The third-order valence-electron chi connectivity index (χ3n) is 0.787. The van der Waals surface area contributed by atoms with Gasteiger partial charge in [-0.15, -0.1) is 0 Å². The molecule has 0 unspecified atom stereocenters. The highest BCUT2D eigenvalue weighted by Crippen LogP contribution is 1.77. The Kier molecular flexibility index (Phi) is 19.9. The molecule has 0 aromatic heterocycles. The second-order valence-electron chi connectivity index (χ2n) is 1.80. The Labute approximate surface area is 62.4 Å². The molecule has 64 valence electrons.